The van der Waals surface area contributed by atoms with Crippen LogP contribution in [-0.2, 0) is 11.3 Å². The van der Waals surface area contributed by atoms with Gasteiger partial charge in [0, 0.05) is 37.3 Å². The zero-order valence-electron chi connectivity index (χ0n) is 11.9. The summed E-state index contributed by atoms with van der Waals surface area (Å²) in [5, 5.41) is 3.96. The zero-order chi connectivity index (χ0) is 14.4. The second-order valence-electron chi connectivity index (χ2n) is 4.86. The van der Waals surface area contributed by atoms with Crippen molar-refractivity contribution in [1.82, 2.24) is 10.2 Å². The maximum atomic E-state index is 11.5. The van der Waals surface area contributed by atoms with Crippen LogP contribution in [0, 0.1) is 0 Å². The van der Waals surface area contributed by atoms with Gasteiger partial charge in [-0.3, -0.25) is 4.79 Å². The van der Waals surface area contributed by atoms with Crippen LogP contribution in [0.4, 0.5) is 0 Å². The average molecular weight is 285 g/mol. The number of likely N-dealkylation sites (N-methyl/N-ethyl adjacent to an activating group) is 1. The molecule has 1 N–H and O–H groups in total. The van der Waals surface area contributed by atoms with Crippen LogP contribution in [-0.4, -0.2) is 37.6 Å². The summed E-state index contributed by atoms with van der Waals surface area (Å²) in [6.45, 7) is 4.83. The van der Waals surface area contributed by atoms with Gasteiger partial charge in [-0.2, -0.15) is 0 Å². The number of nitrogens with zero attached hydrogens (tertiary/aromatic N) is 1. The molecule has 0 radical (unpaired) electrons. The van der Waals surface area contributed by atoms with E-state index in [4.69, 9.17) is 16.3 Å². The molecule has 1 aromatic carbocycles. The number of hydrogen-bond acceptors (Lipinski definition) is 3. The molecule has 0 atom stereocenters. The Bertz CT molecular complexity index is 433. The van der Waals surface area contributed by atoms with E-state index >= 15 is 0 Å². The molecule has 0 aliphatic heterocycles. The van der Waals surface area contributed by atoms with Crippen molar-refractivity contribution >= 4 is 17.5 Å². The molecule has 5 heteroatoms. The summed E-state index contributed by atoms with van der Waals surface area (Å²) < 4.78 is 5.56. The first-order chi connectivity index (χ1) is 8.90. The van der Waals surface area contributed by atoms with E-state index in [0.29, 0.717) is 23.4 Å². The van der Waals surface area contributed by atoms with Gasteiger partial charge in [-0.25, -0.2) is 0 Å². The lowest BCUT2D eigenvalue weighted by Gasteiger charge is -2.15. The molecule has 0 aliphatic carbocycles. The number of carbonyl (C=O) groups is 1. The number of amides is 1. The highest BCUT2D eigenvalue weighted by atomic mass is 35.5. The van der Waals surface area contributed by atoms with Gasteiger partial charge in [-0.1, -0.05) is 25.4 Å². The second kappa shape index (κ2) is 7.36. The van der Waals surface area contributed by atoms with Crippen molar-refractivity contribution in [3.05, 3.63) is 28.8 Å². The fourth-order valence-electron chi connectivity index (χ4n) is 1.41. The molecule has 0 saturated carbocycles. The first-order valence-corrected chi connectivity index (χ1v) is 6.62. The largest absolute Gasteiger partial charge is 0.483 e. The minimum atomic E-state index is -0.0716. The lowest BCUT2D eigenvalue weighted by Crippen LogP contribution is -2.28. The van der Waals surface area contributed by atoms with Crippen LogP contribution in [0.3, 0.4) is 0 Å². The third kappa shape index (κ3) is 5.49. The molecule has 0 aromatic heterocycles. The molecular formula is C14H21ClN2O2. The molecule has 0 saturated heterocycles. The molecule has 0 aliphatic rings. The molecule has 1 aromatic rings. The lowest BCUT2D eigenvalue weighted by atomic mass is 10.2. The van der Waals surface area contributed by atoms with Gasteiger partial charge in [0.05, 0.1) is 0 Å². The van der Waals surface area contributed by atoms with Gasteiger partial charge in [0.15, 0.2) is 6.61 Å². The predicted molar refractivity (Wildman–Crippen MR) is 77.6 cm³/mol. The van der Waals surface area contributed by atoms with E-state index in [-0.39, 0.29) is 12.5 Å². The topological polar surface area (TPSA) is 41.6 Å². The molecule has 1 amide bonds. The maximum Gasteiger partial charge on any atom is 0.259 e. The standard InChI is InChI=1S/C14H21ClN2O2/c1-10(2)16-8-11-7-12(15)5-6-13(11)19-9-14(18)17(3)4/h5-7,10,16H,8-9H2,1-4H3. The zero-order valence-corrected chi connectivity index (χ0v) is 12.6. The number of benzene rings is 1. The second-order valence-corrected chi connectivity index (χ2v) is 5.30. The third-order valence-electron chi connectivity index (χ3n) is 2.57. The van der Waals surface area contributed by atoms with Crippen LogP contribution in [0.1, 0.15) is 19.4 Å². The SMILES string of the molecule is CC(C)NCc1cc(Cl)ccc1OCC(=O)N(C)C. The molecule has 0 unspecified atom stereocenters. The minimum Gasteiger partial charge on any atom is -0.483 e. The lowest BCUT2D eigenvalue weighted by molar-refractivity contribution is -0.130. The molecule has 19 heavy (non-hydrogen) atoms. The van der Waals surface area contributed by atoms with Crippen LogP contribution in [0.5, 0.6) is 5.75 Å². The minimum absolute atomic E-state index is 0.0311. The molecule has 0 bridgehead atoms. The van der Waals surface area contributed by atoms with Crippen LogP contribution >= 0.6 is 11.6 Å². The average Bonchev–Trinajstić information content (AvgIpc) is 2.34. The summed E-state index contributed by atoms with van der Waals surface area (Å²) in [4.78, 5) is 13.0. The first kappa shape index (κ1) is 15.8. The Morgan fingerprint density at radius 1 is 1.42 bits per heavy atom. The quantitative estimate of drug-likeness (QED) is 0.872. The van der Waals surface area contributed by atoms with Gasteiger partial charge >= 0.3 is 0 Å². The van der Waals surface area contributed by atoms with Crippen LogP contribution in [0.25, 0.3) is 0 Å². The van der Waals surface area contributed by atoms with Crippen molar-refractivity contribution in [2.45, 2.75) is 26.4 Å². The molecule has 0 heterocycles. The van der Waals surface area contributed by atoms with E-state index in [0.717, 1.165) is 5.56 Å². The molecule has 1 rings (SSSR count). The molecule has 0 spiro atoms. The van der Waals surface area contributed by atoms with Crippen molar-refractivity contribution < 1.29 is 9.53 Å². The summed E-state index contributed by atoms with van der Waals surface area (Å²) >= 11 is 5.99. The third-order valence-corrected chi connectivity index (χ3v) is 2.81. The molecule has 106 valence electrons. The highest BCUT2D eigenvalue weighted by molar-refractivity contribution is 6.30. The van der Waals surface area contributed by atoms with Crippen molar-refractivity contribution in [3.8, 4) is 5.75 Å². The van der Waals surface area contributed by atoms with Crippen molar-refractivity contribution in [3.63, 3.8) is 0 Å². The summed E-state index contributed by atoms with van der Waals surface area (Å²) in [5.74, 6) is 0.616. The molecular weight excluding hydrogens is 264 g/mol. The van der Waals surface area contributed by atoms with Gasteiger partial charge in [0.1, 0.15) is 5.75 Å². The Balaban J connectivity index is 2.73. The van der Waals surface area contributed by atoms with Gasteiger partial charge in [0.2, 0.25) is 0 Å². The van der Waals surface area contributed by atoms with Crippen LogP contribution in [0.15, 0.2) is 18.2 Å². The number of halogens is 1. The Hall–Kier alpha value is -1.26. The van der Waals surface area contributed by atoms with Gasteiger partial charge in [-0.05, 0) is 18.2 Å². The summed E-state index contributed by atoms with van der Waals surface area (Å²) in [7, 11) is 3.41. The summed E-state index contributed by atoms with van der Waals surface area (Å²) in [6, 6.07) is 5.78. The highest BCUT2D eigenvalue weighted by Gasteiger charge is 2.09. The molecule has 4 nitrogen and oxygen atoms in total. The Labute approximate surface area is 119 Å². The Morgan fingerprint density at radius 2 is 2.11 bits per heavy atom. The predicted octanol–water partition coefficient (Wildman–Crippen LogP) is 2.31. The van der Waals surface area contributed by atoms with Crippen LogP contribution < -0.4 is 10.1 Å². The van der Waals surface area contributed by atoms with Gasteiger partial charge < -0.3 is 15.0 Å². The van der Waals surface area contributed by atoms with Crippen molar-refractivity contribution in [2.75, 3.05) is 20.7 Å². The number of nitrogens with one attached hydrogen (secondary N) is 1. The number of rotatable bonds is 6. The van der Waals surface area contributed by atoms with Crippen molar-refractivity contribution in [2.24, 2.45) is 0 Å². The summed E-state index contributed by atoms with van der Waals surface area (Å²) in [5.41, 5.74) is 0.952. The van der Waals surface area contributed by atoms with E-state index in [2.05, 4.69) is 19.2 Å². The van der Waals surface area contributed by atoms with Gasteiger partial charge in [0.25, 0.3) is 5.91 Å². The fourth-order valence-corrected chi connectivity index (χ4v) is 1.60. The Kier molecular flexibility index (Phi) is 6.12. The Morgan fingerprint density at radius 3 is 2.68 bits per heavy atom. The van der Waals surface area contributed by atoms with Crippen molar-refractivity contribution in [1.29, 1.82) is 0 Å². The fraction of sp³-hybridized carbons (Fsp3) is 0.500. The van der Waals surface area contributed by atoms with E-state index in [1.807, 2.05) is 6.07 Å². The van der Waals surface area contributed by atoms with E-state index < -0.39 is 0 Å². The molecule has 0 fully saturated rings. The smallest absolute Gasteiger partial charge is 0.259 e. The van der Waals surface area contributed by atoms with Gasteiger partial charge in [-0.15, -0.1) is 0 Å². The summed E-state index contributed by atoms with van der Waals surface area (Å²) in [6.07, 6.45) is 0. The number of ether oxygens (including phenoxy) is 1. The van der Waals surface area contributed by atoms with E-state index in [1.165, 1.54) is 4.90 Å². The monoisotopic (exact) mass is 284 g/mol. The van der Waals surface area contributed by atoms with E-state index in [1.54, 1.807) is 26.2 Å². The maximum absolute atomic E-state index is 11.5. The highest BCUT2D eigenvalue weighted by Crippen LogP contribution is 2.23. The number of hydrogen-bond donors (Lipinski definition) is 1. The number of carbonyl (C=O) groups excluding carboxylic acids is 1. The van der Waals surface area contributed by atoms with E-state index in [9.17, 15) is 4.79 Å². The first-order valence-electron chi connectivity index (χ1n) is 6.25. The van der Waals surface area contributed by atoms with Crippen LogP contribution in [0.2, 0.25) is 5.02 Å². The normalized spacial score (nSPS) is 10.6.